The lowest BCUT2D eigenvalue weighted by atomic mass is 10.2. The summed E-state index contributed by atoms with van der Waals surface area (Å²) < 4.78 is 11.0. The molecule has 4 aromatic rings. The van der Waals surface area contributed by atoms with Crippen LogP contribution in [0.1, 0.15) is 17.0 Å². The lowest BCUT2D eigenvalue weighted by molar-refractivity contribution is 0.301. The fourth-order valence-electron chi connectivity index (χ4n) is 2.63. The molecule has 26 heavy (non-hydrogen) atoms. The minimum Gasteiger partial charge on any atom is -0.487 e. The highest BCUT2D eigenvalue weighted by Gasteiger charge is 2.11. The molecule has 0 fully saturated rings. The molecule has 0 saturated heterocycles. The molecule has 0 unspecified atom stereocenters. The standard InChI is InChI=1S/C19H17N5O2/c1-13-17-18(22-12-23-19(17)26-24-13)21-10-14-5-4-7-16(9-14)25-11-15-6-2-3-8-20-15/h2-9,12H,10-11H2,1H3,(H,21,22,23). The minimum atomic E-state index is 0.435. The summed E-state index contributed by atoms with van der Waals surface area (Å²) in [5, 5.41) is 8.05. The summed E-state index contributed by atoms with van der Waals surface area (Å²) >= 11 is 0. The van der Waals surface area contributed by atoms with E-state index in [0.717, 1.165) is 28.1 Å². The molecule has 0 amide bonds. The number of hydrogen-bond donors (Lipinski definition) is 1. The van der Waals surface area contributed by atoms with Crippen LogP contribution in [0.15, 0.2) is 59.5 Å². The number of ether oxygens (including phenoxy) is 1. The van der Waals surface area contributed by atoms with Gasteiger partial charge in [0.25, 0.3) is 5.71 Å². The highest BCUT2D eigenvalue weighted by molar-refractivity contribution is 5.87. The normalized spacial score (nSPS) is 10.8. The van der Waals surface area contributed by atoms with Crippen molar-refractivity contribution in [2.75, 3.05) is 5.32 Å². The third-order valence-corrected chi connectivity index (χ3v) is 3.91. The first kappa shape index (κ1) is 16.0. The van der Waals surface area contributed by atoms with Crippen molar-refractivity contribution in [1.82, 2.24) is 20.1 Å². The monoisotopic (exact) mass is 347 g/mol. The van der Waals surface area contributed by atoms with Gasteiger partial charge in [0, 0.05) is 12.7 Å². The predicted molar refractivity (Wildman–Crippen MR) is 96.7 cm³/mol. The predicted octanol–water partition coefficient (Wildman–Crippen LogP) is 3.51. The third-order valence-electron chi connectivity index (χ3n) is 3.91. The van der Waals surface area contributed by atoms with Crippen LogP contribution in [0.25, 0.3) is 11.1 Å². The number of hydrogen-bond acceptors (Lipinski definition) is 7. The van der Waals surface area contributed by atoms with E-state index in [1.165, 1.54) is 6.33 Å². The van der Waals surface area contributed by atoms with Crippen LogP contribution in [0, 0.1) is 6.92 Å². The van der Waals surface area contributed by atoms with E-state index in [9.17, 15) is 0 Å². The summed E-state index contributed by atoms with van der Waals surface area (Å²) in [5.41, 5.74) is 3.20. The number of aromatic nitrogens is 4. The number of nitrogens with zero attached hydrogens (tertiary/aromatic N) is 4. The van der Waals surface area contributed by atoms with Crippen molar-refractivity contribution in [2.24, 2.45) is 0 Å². The van der Waals surface area contributed by atoms with Crippen LogP contribution in [0.3, 0.4) is 0 Å². The fraction of sp³-hybridized carbons (Fsp3) is 0.158. The first-order valence-electron chi connectivity index (χ1n) is 8.22. The van der Waals surface area contributed by atoms with Gasteiger partial charge in [0.15, 0.2) is 0 Å². The average molecular weight is 347 g/mol. The molecule has 0 aliphatic carbocycles. The number of anilines is 1. The lowest BCUT2D eigenvalue weighted by Crippen LogP contribution is -2.03. The topological polar surface area (TPSA) is 86.0 Å². The Hall–Kier alpha value is -3.48. The van der Waals surface area contributed by atoms with Crippen LogP contribution in [-0.4, -0.2) is 20.1 Å². The van der Waals surface area contributed by atoms with Crippen LogP contribution in [0.5, 0.6) is 5.75 Å². The molecule has 0 aliphatic rings. The summed E-state index contributed by atoms with van der Waals surface area (Å²) in [6, 6.07) is 13.7. The number of benzene rings is 1. The van der Waals surface area contributed by atoms with Gasteiger partial charge in [-0.3, -0.25) is 4.98 Å². The second kappa shape index (κ2) is 7.18. The maximum Gasteiger partial charge on any atom is 0.263 e. The highest BCUT2D eigenvalue weighted by atomic mass is 16.5. The molecule has 0 radical (unpaired) electrons. The van der Waals surface area contributed by atoms with Gasteiger partial charge in [-0.05, 0) is 36.8 Å². The van der Waals surface area contributed by atoms with Crippen LogP contribution in [0.2, 0.25) is 0 Å². The van der Waals surface area contributed by atoms with E-state index < -0.39 is 0 Å². The zero-order chi connectivity index (χ0) is 17.8. The van der Waals surface area contributed by atoms with Crippen molar-refractivity contribution < 1.29 is 9.26 Å². The SMILES string of the molecule is Cc1noc2ncnc(NCc3cccc(OCc4ccccn4)c3)c12. The van der Waals surface area contributed by atoms with E-state index in [1.54, 1.807) is 6.20 Å². The summed E-state index contributed by atoms with van der Waals surface area (Å²) in [6.07, 6.45) is 3.22. The van der Waals surface area contributed by atoms with Gasteiger partial charge in [-0.1, -0.05) is 23.4 Å². The molecule has 1 aromatic carbocycles. The molecule has 0 saturated carbocycles. The van der Waals surface area contributed by atoms with Crippen LogP contribution in [0.4, 0.5) is 5.82 Å². The number of nitrogens with one attached hydrogen (secondary N) is 1. The zero-order valence-corrected chi connectivity index (χ0v) is 14.2. The molecule has 3 aromatic heterocycles. The van der Waals surface area contributed by atoms with Gasteiger partial charge in [0.1, 0.15) is 29.9 Å². The van der Waals surface area contributed by atoms with Crippen molar-refractivity contribution in [3.8, 4) is 5.75 Å². The third kappa shape index (κ3) is 3.46. The number of rotatable bonds is 6. The Morgan fingerprint density at radius 1 is 1.08 bits per heavy atom. The van der Waals surface area contributed by atoms with Crippen molar-refractivity contribution in [3.63, 3.8) is 0 Å². The van der Waals surface area contributed by atoms with E-state index >= 15 is 0 Å². The maximum atomic E-state index is 5.82. The van der Waals surface area contributed by atoms with Crippen molar-refractivity contribution >= 4 is 16.9 Å². The van der Waals surface area contributed by atoms with E-state index in [4.69, 9.17) is 9.26 Å². The quantitative estimate of drug-likeness (QED) is 0.571. The molecule has 7 heteroatoms. The highest BCUT2D eigenvalue weighted by Crippen LogP contribution is 2.23. The van der Waals surface area contributed by atoms with Crippen molar-refractivity contribution in [3.05, 3.63) is 71.9 Å². The summed E-state index contributed by atoms with van der Waals surface area (Å²) in [7, 11) is 0. The Balaban J connectivity index is 1.44. The van der Waals surface area contributed by atoms with E-state index in [1.807, 2.05) is 49.4 Å². The number of pyridine rings is 1. The minimum absolute atomic E-state index is 0.435. The van der Waals surface area contributed by atoms with Crippen LogP contribution >= 0.6 is 0 Å². The Morgan fingerprint density at radius 3 is 2.92 bits per heavy atom. The van der Waals surface area contributed by atoms with Gasteiger partial charge in [0.2, 0.25) is 0 Å². The Bertz CT molecular complexity index is 1020. The molecule has 1 N–H and O–H groups in total. The van der Waals surface area contributed by atoms with Crippen LogP contribution < -0.4 is 10.1 Å². The first-order valence-corrected chi connectivity index (χ1v) is 8.22. The van der Waals surface area contributed by atoms with Crippen molar-refractivity contribution in [2.45, 2.75) is 20.1 Å². The fourth-order valence-corrected chi connectivity index (χ4v) is 2.63. The van der Waals surface area contributed by atoms with Gasteiger partial charge in [0.05, 0.1) is 11.4 Å². The van der Waals surface area contributed by atoms with Crippen molar-refractivity contribution in [1.29, 1.82) is 0 Å². The molecule has 3 heterocycles. The molecule has 0 aliphatic heterocycles. The molecule has 0 bridgehead atoms. The molecule has 130 valence electrons. The summed E-state index contributed by atoms with van der Waals surface area (Å²) in [5.74, 6) is 1.50. The van der Waals surface area contributed by atoms with Gasteiger partial charge < -0.3 is 14.6 Å². The number of fused-ring (bicyclic) bond motifs is 1. The molecule has 0 atom stereocenters. The second-order valence-corrected chi connectivity index (χ2v) is 5.78. The second-order valence-electron chi connectivity index (χ2n) is 5.78. The van der Waals surface area contributed by atoms with Crippen LogP contribution in [-0.2, 0) is 13.2 Å². The molecular formula is C19H17N5O2. The smallest absolute Gasteiger partial charge is 0.263 e. The molecule has 0 spiro atoms. The molecule has 4 rings (SSSR count). The Morgan fingerprint density at radius 2 is 2.04 bits per heavy atom. The first-order chi connectivity index (χ1) is 12.8. The Labute approximate surface area is 150 Å². The van der Waals surface area contributed by atoms with E-state index in [0.29, 0.717) is 24.7 Å². The largest absolute Gasteiger partial charge is 0.487 e. The number of aryl methyl sites for hydroxylation is 1. The summed E-state index contributed by atoms with van der Waals surface area (Å²) in [4.78, 5) is 12.6. The lowest BCUT2D eigenvalue weighted by Gasteiger charge is -2.09. The molecule has 7 nitrogen and oxygen atoms in total. The van der Waals surface area contributed by atoms with E-state index in [2.05, 4.69) is 25.4 Å². The van der Waals surface area contributed by atoms with Gasteiger partial charge >= 0.3 is 0 Å². The van der Waals surface area contributed by atoms with Gasteiger partial charge in [-0.15, -0.1) is 0 Å². The average Bonchev–Trinajstić information content (AvgIpc) is 3.08. The Kier molecular flexibility index (Phi) is 4.42. The zero-order valence-electron chi connectivity index (χ0n) is 14.2. The van der Waals surface area contributed by atoms with Gasteiger partial charge in [-0.25, -0.2) is 4.98 Å². The van der Waals surface area contributed by atoms with E-state index in [-0.39, 0.29) is 0 Å². The van der Waals surface area contributed by atoms with Gasteiger partial charge in [-0.2, -0.15) is 4.98 Å². The molecular weight excluding hydrogens is 330 g/mol. The maximum absolute atomic E-state index is 5.82. The summed E-state index contributed by atoms with van der Waals surface area (Å²) in [6.45, 7) is 2.90.